The maximum absolute atomic E-state index is 14.1. The Balaban J connectivity index is 1.24. The van der Waals surface area contributed by atoms with Gasteiger partial charge in [0, 0.05) is 54.7 Å². The second kappa shape index (κ2) is 14.7. The van der Waals surface area contributed by atoms with Crippen LogP contribution in [0.15, 0.2) is 35.7 Å². The molecule has 5 aliphatic rings. The molecule has 1 N–H and O–H groups in total. The van der Waals surface area contributed by atoms with Crippen LogP contribution in [0.3, 0.4) is 0 Å². The summed E-state index contributed by atoms with van der Waals surface area (Å²) in [4.78, 5) is 45.5. The van der Waals surface area contributed by atoms with Gasteiger partial charge in [-0.25, -0.2) is 0 Å². The number of likely N-dealkylation sites (N-methyl/N-ethyl adjacent to an activating group) is 1. The first-order valence-electron chi connectivity index (χ1n) is 20.7. The fraction of sp³-hybridized carbons (Fsp3) is 0.778. The predicted octanol–water partition coefficient (Wildman–Crippen LogP) is 8.61. The van der Waals surface area contributed by atoms with Gasteiger partial charge in [-0.2, -0.15) is 0 Å². The largest absolute Gasteiger partial charge is 0.462 e. The van der Waals surface area contributed by atoms with Crippen molar-refractivity contribution in [2.45, 2.75) is 139 Å². The lowest BCUT2D eigenvalue weighted by molar-refractivity contribution is -0.213. The van der Waals surface area contributed by atoms with Crippen molar-refractivity contribution in [1.29, 1.82) is 0 Å². The maximum atomic E-state index is 14.1. The molecule has 1 aromatic heterocycles. The van der Waals surface area contributed by atoms with Crippen LogP contribution in [0.25, 0.3) is 0 Å². The summed E-state index contributed by atoms with van der Waals surface area (Å²) >= 11 is 0. The summed E-state index contributed by atoms with van der Waals surface area (Å²) in [6, 6.07) is 4.25. The quantitative estimate of drug-likeness (QED) is 0.162. The zero-order valence-electron chi connectivity index (χ0n) is 34.0. The molecule has 8 unspecified atom stereocenters. The molecule has 0 bridgehead atoms. The highest BCUT2D eigenvalue weighted by atomic mass is 16.5. The number of allylic oxidation sites excluding steroid dienone is 2. The molecule has 4 saturated carbocycles. The molecule has 1 aromatic rings. The summed E-state index contributed by atoms with van der Waals surface area (Å²) in [7, 11) is 2.03. The van der Waals surface area contributed by atoms with E-state index in [-0.39, 0.29) is 46.1 Å². The van der Waals surface area contributed by atoms with E-state index >= 15 is 0 Å². The minimum Gasteiger partial charge on any atom is -0.462 e. The molecule has 7 nitrogen and oxygen atoms in total. The predicted molar refractivity (Wildman–Crippen MR) is 207 cm³/mol. The molecule has 6 rings (SSSR count). The molecule has 0 aromatic carbocycles. The van der Waals surface area contributed by atoms with E-state index in [1.54, 1.807) is 5.57 Å². The third kappa shape index (κ3) is 7.00. The topological polar surface area (TPSA) is 88.6 Å². The summed E-state index contributed by atoms with van der Waals surface area (Å²) in [5, 5.41) is 3.36. The van der Waals surface area contributed by atoms with Crippen LogP contribution in [-0.2, 0) is 25.7 Å². The maximum Gasteiger partial charge on any atom is 0.307 e. The number of Topliss-reactive ketones (excluding diaryl/α,β-unsaturated/α-hetero) is 1. The Morgan fingerprint density at radius 2 is 1.71 bits per heavy atom. The summed E-state index contributed by atoms with van der Waals surface area (Å²) in [6.45, 7) is 21.9. The van der Waals surface area contributed by atoms with E-state index in [0.717, 1.165) is 64.6 Å². The normalized spacial score (nSPS) is 35.5. The van der Waals surface area contributed by atoms with Crippen molar-refractivity contribution in [3.8, 4) is 0 Å². The number of carbonyl (C=O) groups is 3. The lowest BCUT2D eigenvalue weighted by Gasteiger charge is -2.69. The Morgan fingerprint density at radius 3 is 2.38 bits per heavy atom. The number of carbonyl (C=O) groups excluding carboxylic acids is 3. The van der Waals surface area contributed by atoms with Crippen molar-refractivity contribution < 1.29 is 19.1 Å². The Bertz CT molecular complexity index is 1520. The number of esters is 1. The summed E-state index contributed by atoms with van der Waals surface area (Å²) in [6.07, 6.45) is 15.5. The molecule has 0 saturated heterocycles. The first-order chi connectivity index (χ1) is 24.5. The van der Waals surface area contributed by atoms with Gasteiger partial charge in [0.2, 0.25) is 0 Å². The lowest BCUT2D eigenvalue weighted by atomic mass is 9.36. The van der Waals surface area contributed by atoms with E-state index in [4.69, 9.17) is 4.74 Å². The van der Waals surface area contributed by atoms with Crippen molar-refractivity contribution >= 4 is 18.0 Å². The van der Waals surface area contributed by atoms with Crippen LogP contribution in [0.5, 0.6) is 0 Å². The number of hydrogen-bond acceptors (Lipinski definition) is 7. The van der Waals surface area contributed by atoms with Crippen LogP contribution in [0, 0.1) is 56.7 Å². The van der Waals surface area contributed by atoms with Gasteiger partial charge >= 0.3 is 5.97 Å². The molecule has 52 heavy (non-hydrogen) atoms. The molecular weight excluding hydrogens is 647 g/mol. The molecular formula is C45H69N3O4. The number of ether oxygens (including phenoxy) is 1. The number of aldehydes is 1. The molecule has 0 spiro atoms. The van der Waals surface area contributed by atoms with Crippen LogP contribution in [0.1, 0.15) is 132 Å². The number of rotatable bonds is 13. The van der Waals surface area contributed by atoms with Crippen molar-refractivity contribution in [2.24, 2.45) is 56.7 Å². The highest BCUT2D eigenvalue weighted by Crippen LogP contribution is 2.73. The highest BCUT2D eigenvalue weighted by Gasteiger charge is 2.66. The standard InChI is InChI=1S/C45H69N3O4/c1-30(2)39-34(50)26-45(20-24-48(25-23-46-9)28-31-15-21-47-22-16-31)19-12-33-32(40(39)45)10-11-36-43(33,7)17-13-35-42(5,6)37(14-18-44(35,36)8)52-38(51)27-41(3,4)29-49/h15-16,21-22,29-30,32-33,35-37,46H,10-14,17-20,23-28H2,1-9H3. The smallest absolute Gasteiger partial charge is 0.307 e. The molecule has 0 radical (unpaired) electrons. The summed E-state index contributed by atoms with van der Waals surface area (Å²) in [5.41, 5.74) is 3.64. The van der Waals surface area contributed by atoms with E-state index in [9.17, 15) is 14.4 Å². The van der Waals surface area contributed by atoms with Crippen molar-refractivity contribution in [3.05, 3.63) is 41.2 Å². The third-order valence-corrected chi connectivity index (χ3v) is 15.6. The number of pyridine rings is 1. The molecule has 0 amide bonds. The van der Waals surface area contributed by atoms with Gasteiger partial charge < -0.3 is 14.8 Å². The van der Waals surface area contributed by atoms with Gasteiger partial charge in [0.25, 0.3) is 0 Å². The van der Waals surface area contributed by atoms with Crippen molar-refractivity contribution in [3.63, 3.8) is 0 Å². The van der Waals surface area contributed by atoms with Gasteiger partial charge in [0.15, 0.2) is 5.78 Å². The Morgan fingerprint density at radius 1 is 1.00 bits per heavy atom. The summed E-state index contributed by atoms with van der Waals surface area (Å²) in [5.74, 6) is 2.64. The third-order valence-electron chi connectivity index (χ3n) is 15.6. The van der Waals surface area contributed by atoms with E-state index in [1.807, 2.05) is 33.3 Å². The minimum absolute atomic E-state index is 0.0133. The number of nitrogens with zero attached hydrogens (tertiary/aromatic N) is 2. The number of ketones is 1. The minimum atomic E-state index is -0.700. The Kier molecular flexibility index (Phi) is 11.1. The van der Waals surface area contributed by atoms with E-state index < -0.39 is 5.41 Å². The van der Waals surface area contributed by atoms with Gasteiger partial charge in [0.05, 0.1) is 6.42 Å². The van der Waals surface area contributed by atoms with Gasteiger partial charge in [-0.15, -0.1) is 0 Å². The average molecular weight is 716 g/mol. The van der Waals surface area contributed by atoms with Gasteiger partial charge in [-0.3, -0.25) is 19.5 Å². The first kappa shape index (κ1) is 39.3. The lowest BCUT2D eigenvalue weighted by Crippen LogP contribution is -2.63. The zero-order valence-corrected chi connectivity index (χ0v) is 34.0. The second-order valence-electron chi connectivity index (χ2n) is 20.0. The zero-order chi connectivity index (χ0) is 37.7. The van der Waals surface area contributed by atoms with E-state index in [0.29, 0.717) is 35.9 Å². The second-order valence-corrected chi connectivity index (χ2v) is 20.0. The summed E-state index contributed by atoms with van der Waals surface area (Å²) < 4.78 is 6.24. The molecule has 5 aliphatic carbocycles. The highest BCUT2D eigenvalue weighted by molar-refractivity contribution is 6.00. The Hall–Kier alpha value is -2.38. The number of fused-ring (bicyclic) bond motifs is 7. The van der Waals surface area contributed by atoms with Gasteiger partial charge in [-0.1, -0.05) is 61.0 Å². The first-order valence-corrected chi connectivity index (χ1v) is 20.7. The average Bonchev–Trinajstić information content (AvgIpc) is 3.40. The van der Waals surface area contributed by atoms with Gasteiger partial charge in [-0.05, 0) is 135 Å². The Labute approximate surface area is 314 Å². The van der Waals surface area contributed by atoms with E-state index in [1.165, 1.54) is 36.8 Å². The number of aromatic nitrogens is 1. The monoisotopic (exact) mass is 716 g/mol. The van der Waals surface area contributed by atoms with Crippen LogP contribution in [0.2, 0.25) is 0 Å². The van der Waals surface area contributed by atoms with E-state index in [2.05, 4.69) is 68.9 Å². The molecule has 7 heteroatoms. The van der Waals surface area contributed by atoms with Gasteiger partial charge in [0.1, 0.15) is 12.4 Å². The fourth-order valence-electron chi connectivity index (χ4n) is 13.2. The molecule has 1 heterocycles. The van der Waals surface area contributed by atoms with Crippen LogP contribution in [-0.4, -0.2) is 60.7 Å². The molecule has 4 fully saturated rings. The molecule has 8 atom stereocenters. The molecule has 0 aliphatic heterocycles. The number of hydrogen-bond donors (Lipinski definition) is 1. The van der Waals surface area contributed by atoms with Crippen LogP contribution >= 0.6 is 0 Å². The number of nitrogens with one attached hydrogen (secondary N) is 1. The van der Waals surface area contributed by atoms with Crippen LogP contribution < -0.4 is 5.32 Å². The fourth-order valence-corrected chi connectivity index (χ4v) is 13.2. The van der Waals surface area contributed by atoms with Crippen LogP contribution in [0.4, 0.5) is 0 Å². The van der Waals surface area contributed by atoms with Crippen molar-refractivity contribution in [1.82, 2.24) is 15.2 Å². The SMILES string of the molecule is CNCCN(CCC12CCC3C(CCC4C3(C)CCC3C(C)(C)C(OC(=O)CC(C)(C)C=O)CCC34C)C1=C(C(C)C)C(=O)C2)Cc1ccncc1. The molecule has 288 valence electrons. The van der Waals surface area contributed by atoms with Crippen molar-refractivity contribution in [2.75, 3.05) is 26.7 Å².